The third kappa shape index (κ3) is 2.85. The second-order valence-corrected chi connectivity index (χ2v) is 5.97. The fraction of sp³-hybridized carbons (Fsp3) is 0.500. The van der Waals surface area contributed by atoms with E-state index in [0.717, 1.165) is 23.5 Å². The highest BCUT2D eigenvalue weighted by molar-refractivity contribution is 6.31. The molecule has 1 aromatic heterocycles. The van der Waals surface area contributed by atoms with Crippen LogP contribution in [0.1, 0.15) is 18.4 Å². The summed E-state index contributed by atoms with van der Waals surface area (Å²) in [5.41, 5.74) is 2.49. The fourth-order valence-corrected chi connectivity index (χ4v) is 3.28. The van der Waals surface area contributed by atoms with Crippen LogP contribution in [-0.2, 0) is 13.0 Å². The van der Waals surface area contributed by atoms with E-state index >= 15 is 0 Å². The van der Waals surface area contributed by atoms with E-state index in [2.05, 4.69) is 21.7 Å². The van der Waals surface area contributed by atoms with Crippen LogP contribution in [0.5, 0.6) is 0 Å². The van der Waals surface area contributed by atoms with Crippen molar-refractivity contribution in [3.05, 3.63) is 35.0 Å². The van der Waals surface area contributed by atoms with Crippen LogP contribution < -0.4 is 0 Å². The molecule has 20 heavy (non-hydrogen) atoms. The molecule has 0 bridgehead atoms. The maximum Gasteiger partial charge on any atom is 0.0610 e. The molecule has 1 saturated heterocycles. The molecule has 1 aliphatic rings. The van der Waals surface area contributed by atoms with Crippen LogP contribution in [0, 0.1) is 0 Å². The number of aromatic nitrogens is 1. The zero-order chi connectivity index (χ0) is 13.9. The van der Waals surface area contributed by atoms with Gasteiger partial charge in [0.25, 0.3) is 0 Å². The molecule has 2 heterocycles. The molecule has 0 atom stereocenters. The molecule has 1 N–H and O–H groups in total. The first kappa shape index (κ1) is 13.9. The topological polar surface area (TPSA) is 28.4 Å². The van der Waals surface area contributed by atoms with Crippen LogP contribution in [0.25, 0.3) is 10.9 Å². The van der Waals surface area contributed by atoms with E-state index in [9.17, 15) is 5.11 Å². The number of aliphatic hydroxyl groups excluding tert-OH is 1. The summed E-state index contributed by atoms with van der Waals surface area (Å²) in [7, 11) is 0. The molecule has 0 amide bonds. The Hall–Kier alpha value is -1.03. The van der Waals surface area contributed by atoms with Gasteiger partial charge in [0.1, 0.15) is 0 Å². The Balaban J connectivity index is 1.85. The summed E-state index contributed by atoms with van der Waals surface area (Å²) in [6.45, 7) is 4.38. The van der Waals surface area contributed by atoms with Crippen LogP contribution in [0.4, 0.5) is 0 Å². The van der Waals surface area contributed by atoms with E-state index in [0.29, 0.717) is 6.54 Å². The van der Waals surface area contributed by atoms with Crippen LogP contribution in [0.15, 0.2) is 24.4 Å². The first-order valence-corrected chi connectivity index (χ1v) is 7.76. The van der Waals surface area contributed by atoms with Gasteiger partial charge < -0.3 is 14.6 Å². The van der Waals surface area contributed by atoms with Crippen LogP contribution in [0.3, 0.4) is 0 Å². The van der Waals surface area contributed by atoms with Crippen molar-refractivity contribution >= 4 is 22.5 Å². The lowest BCUT2D eigenvalue weighted by atomic mass is 10.1. The predicted octanol–water partition coefficient (Wildman–Crippen LogP) is 2.93. The first-order valence-electron chi connectivity index (χ1n) is 7.38. The van der Waals surface area contributed by atoms with Gasteiger partial charge in [-0.15, -0.1) is 0 Å². The van der Waals surface area contributed by atoms with Gasteiger partial charge >= 0.3 is 0 Å². The number of rotatable bonds is 5. The van der Waals surface area contributed by atoms with Crippen molar-refractivity contribution < 1.29 is 5.11 Å². The summed E-state index contributed by atoms with van der Waals surface area (Å²) in [6.07, 6.45) is 5.91. The van der Waals surface area contributed by atoms with E-state index < -0.39 is 0 Å². The molecule has 0 unspecified atom stereocenters. The highest BCUT2D eigenvalue weighted by Gasteiger charge is 2.13. The van der Waals surface area contributed by atoms with Crippen molar-refractivity contribution in [2.24, 2.45) is 0 Å². The molecule has 0 spiro atoms. The number of benzene rings is 1. The van der Waals surface area contributed by atoms with E-state index in [-0.39, 0.29) is 6.61 Å². The van der Waals surface area contributed by atoms with Gasteiger partial charge in [0.15, 0.2) is 0 Å². The largest absolute Gasteiger partial charge is 0.395 e. The maximum absolute atomic E-state index is 9.20. The highest BCUT2D eigenvalue weighted by Crippen LogP contribution is 2.25. The number of fused-ring (bicyclic) bond motifs is 1. The monoisotopic (exact) mass is 292 g/mol. The summed E-state index contributed by atoms with van der Waals surface area (Å²) in [6, 6.07) is 6.04. The standard InChI is InChI=1S/C16H21ClN2O/c17-14-3-4-15-13(5-8-18-6-1-2-7-18)12-19(9-10-20)16(15)11-14/h3-4,11-12,20H,1-2,5-10H2. The first-order chi connectivity index (χ1) is 9.78. The maximum atomic E-state index is 9.20. The molecular formula is C16H21ClN2O. The number of aliphatic hydroxyl groups is 1. The van der Waals surface area contributed by atoms with E-state index in [1.165, 1.54) is 36.9 Å². The SMILES string of the molecule is OCCn1cc(CCN2CCCC2)c2ccc(Cl)cc21. The minimum Gasteiger partial charge on any atom is -0.395 e. The van der Waals surface area contributed by atoms with Crippen molar-refractivity contribution in [1.29, 1.82) is 0 Å². The average Bonchev–Trinajstić information content (AvgIpc) is 3.05. The van der Waals surface area contributed by atoms with Gasteiger partial charge in [0.05, 0.1) is 6.61 Å². The van der Waals surface area contributed by atoms with Crippen molar-refractivity contribution in [3.63, 3.8) is 0 Å². The van der Waals surface area contributed by atoms with Gasteiger partial charge in [-0.25, -0.2) is 0 Å². The Morgan fingerprint density at radius 2 is 1.95 bits per heavy atom. The predicted molar refractivity (Wildman–Crippen MR) is 83.4 cm³/mol. The quantitative estimate of drug-likeness (QED) is 0.918. The van der Waals surface area contributed by atoms with Crippen LogP contribution >= 0.6 is 11.6 Å². The Kier molecular flexibility index (Phi) is 4.29. The van der Waals surface area contributed by atoms with Crippen molar-refractivity contribution in [2.45, 2.75) is 25.8 Å². The number of likely N-dealkylation sites (tertiary alicyclic amines) is 1. The molecule has 2 aromatic rings. The molecule has 3 rings (SSSR count). The molecule has 1 aliphatic heterocycles. The lowest BCUT2D eigenvalue weighted by molar-refractivity contribution is 0.278. The Labute approximate surface area is 124 Å². The number of hydrogen-bond donors (Lipinski definition) is 1. The fourth-order valence-electron chi connectivity index (χ4n) is 3.12. The Morgan fingerprint density at radius 3 is 2.70 bits per heavy atom. The van der Waals surface area contributed by atoms with Crippen LogP contribution in [0.2, 0.25) is 5.02 Å². The minimum atomic E-state index is 0.155. The molecule has 4 heteroatoms. The smallest absolute Gasteiger partial charge is 0.0610 e. The number of halogens is 1. The summed E-state index contributed by atoms with van der Waals surface area (Å²) in [5, 5.41) is 11.2. The lowest BCUT2D eigenvalue weighted by Crippen LogP contribution is -2.21. The molecule has 1 fully saturated rings. The van der Waals surface area contributed by atoms with Gasteiger partial charge in [0, 0.05) is 35.2 Å². The van der Waals surface area contributed by atoms with Crippen molar-refractivity contribution in [3.8, 4) is 0 Å². The molecule has 1 aromatic carbocycles. The van der Waals surface area contributed by atoms with Crippen molar-refractivity contribution in [2.75, 3.05) is 26.2 Å². The average molecular weight is 293 g/mol. The van der Waals surface area contributed by atoms with E-state index in [1.807, 2.05) is 12.1 Å². The minimum absolute atomic E-state index is 0.155. The molecule has 3 nitrogen and oxygen atoms in total. The zero-order valence-corrected chi connectivity index (χ0v) is 12.4. The van der Waals surface area contributed by atoms with Gasteiger partial charge in [-0.3, -0.25) is 0 Å². The van der Waals surface area contributed by atoms with Crippen molar-refractivity contribution in [1.82, 2.24) is 9.47 Å². The summed E-state index contributed by atoms with van der Waals surface area (Å²) < 4.78 is 2.11. The molecule has 0 aliphatic carbocycles. The van der Waals surface area contributed by atoms with Crippen LogP contribution in [-0.4, -0.2) is 40.8 Å². The second kappa shape index (κ2) is 6.17. The van der Waals surface area contributed by atoms with E-state index in [1.54, 1.807) is 0 Å². The van der Waals surface area contributed by atoms with Gasteiger partial charge in [0.2, 0.25) is 0 Å². The van der Waals surface area contributed by atoms with E-state index in [4.69, 9.17) is 11.6 Å². The normalized spacial score (nSPS) is 16.3. The molecule has 108 valence electrons. The molecular weight excluding hydrogens is 272 g/mol. The highest BCUT2D eigenvalue weighted by atomic mass is 35.5. The molecule has 0 radical (unpaired) electrons. The van der Waals surface area contributed by atoms with Gasteiger partial charge in [-0.05, 0) is 50.0 Å². The number of hydrogen-bond acceptors (Lipinski definition) is 2. The zero-order valence-electron chi connectivity index (χ0n) is 11.7. The Morgan fingerprint density at radius 1 is 1.15 bits per heavy atom. The second-order valence-electron chi connectivity index (χ2n) is 5.53. The summed E-state index contributed by atoms with van der Waals surface area (Å²) >= 11 is 6.10. The number of nitrogens with zero attached hydrogens (tertiary/aromatic N) is 2. The summed E-state index contributed by atoms with van der Waals surface area (Å²) in [4.78, 5) is 2.53. The third-order valence-corrected chi connectivity index (χ3v) is 4.40. The lowest BCUT2D eigenvalue weighted by Gasteiger charge is -2.13. The van der Waals surface area contributed by atoms with Gasteiger partial charge in [-0.1, -0.05) is 17.7 Å². The third-order valence-electron chi connectivity index (χ3n) is 4.16. The van der Waals surface area contributed by atoms with Gasteiger partial charge in [-0.2, -0.15) is 0 Å². The molecule has 0 saturated carbocycles. The summed E-state index contributed by atoms with van der Waals surface area (Å²) in [5.74, 6) is 0. The Bertz CT molecular complexity index is 587.